The van der Waals surface area contributed by atoms with Crippen molar-refractivity contribution in [3.05, 3.63) is 34.3 Å². The Morgan fingerprint density at radius 1 is 1.18 bits per heavy atom. The Balaban J connectivity index is 2.03. The Morgan fingerprint density at radius 2 is 1.82 bits per heavy atom. The highest BCUT2D eigenvalue weighted by atomic mass is 79.9. The standard InChI is InChI=1S/C14H14BrNO/c15-12-4-2-11(3-5-12)14(9-17-10-14)13(8-16)6-1-7-13/h2-5H,1,6-7,9-10H2. The van der Waals surface area contributed by atoms with Gasteiger partial charge < -0.3 is 4.74 Å². The lowest BCUT2D eigenvalue weighted by Gasteiger charge is -2.56. The minimum Gasteiger partial charge on any atom is -0.379 e. The van der Waals surface area contributed by atoms with Gasteiger partial charge in [0, 0.05) is 4.47 Å². The summed E-state index contributed by atoms with van der Waals surface area (Å²) in [6.07, 6.45) is 3.21. The number of hydrogen-bond donors (Lipinski definition) is 0. The van der Waals surface area contributed by atoms with Crippen molar-refractivity contribution in [1.82, 2.24) is 0 Å². The molecule has 0 atom stereocenters. The normalized spacial score (nSPS) is 24.2. The number of rotatable bonds is 2. The smallest absolute Gasteiger partial charge is 0.0715 e. The second-order valence-corrected chi connectivity index (χ2v) is 6.04. The fourth-order valence-electron chi connectivity index (χ4n) is 3.02. The molecule has 2 nitrogen and oxygen atoms in total. The molecule has 0 radical (unpaired) electrons. The number of nitriles is 1. The van der Waals surface area contributed by atoms with Crippen molar-refractivity contribution >= 4 is 15.9 Å². The summed E-state index contributed by atoms with van der Waals surface area (Å²) in [5, 5.41) is 9.54. The van der Waals surface area contributed by atoms with Crippen molar-refractivity contribution in [2.24, 2.45) is 5.41 Å². The van der Waals surface area contributed by atoms with Gasteiger partial charge in [0.05, 0.1) is 30.1 Å². The van der Waals surface area contributed by atoms with E-state index in [1.54, 1.807) is 0 Å². The zero-order chi connectivity index (χ0) is 11.9. The lowest BCUT2D eigenvalue weighted by atomic mass is 9.50. The van der Waals surface area contributed by atoms with Crippen LogP contribution in [0.25, 0.3) is 0 Å². The maximum Gasteiger partial charge on any atom is 0.0715 e. The summed E-state index contributed by atoms with van der Waals surface area (Å²) in [6.45, 7) is 1.39. The van der Waals surface area contributed by atoms with Crippen LogP contribution in [0.2, 0.25) is 0 Å². The first kappa shape index (κ1) is 11.3. The van der Waals surface area contributed by atoms with Gasteiger partial charge in [-0.05, 0) is 30.5 Å². The van der Waals surface area contributed by atoms with Crippen LogP contribution in [-0.4, -0.2) is 13.2 Å². The molecular formula is C14H14BrNO. The minimum absolute atomic E-state index is 0.0549. The van der Waals surface area contributed by atoms with Gasteiger partial charge in [0.25, 0.3) is 0 Å². The summed E-state index contributed by atoms with van der Waals surface area (Å²) in [6, 6.07) is 10.9. The molecule has 88 valence electrons. The van der Waals surface area contributed by atoms with E-state index in [9.17, 15) is 5.26 Å². The first-order chi connectivity index (χ1) is 8.22. The number of benzene rings is 1. The van der Waals surface area contributed by atoms with Crippen LogP contribution in [0, 0.1) is 16.7 Å². The highest BCUT2D eigenvalue weighted by Gasteiger charge is 2.60. The first-order valence-electron chi connectivity index (χ1n) is 5.98. The summed E-state index contributed by atoms with van der Waals surface area (Å²) < 4.78 is 6.52. The van der Waals surface area contributed by atoms with E-state index in [2.05, 4.69) is 46.3 Å². The quantitative estimate of drug-likeness (QED) is 0.837. The molecule has 0 amide bonds. The van der Waals surface area contributed by atoms with Crippen molar-refractivity contribution in [2.45, 2.75) is 24.7 Å². The predicted molar refractivity (Wildman–Crippen MR) is 68.5 cm³/mol. The molecule has 3 rings (SSSR count). The topological polar surface area (TPSA) is 33.0 Å². The minimum atomic E-state index is -0.181. The lowest BCUT2D eigenvalue weighted by molar-refractivity contribution is -0.134. The monoisotopic (exact) mass is 291 g/mol. The van der Waals surface area contributed by atoms with Crippen LogP contribution in [0.1, 0.15) is 24.8 Å². The summed E-state index contributed by atoms with van der Waals surface area (Å²) in [4.78, 5) is 0. The van der Waals surface area contributed by atoms with E-state index >= 15 is 0 Å². The molecule has 0 unspecified atom stereocenters. The summed E-state index contributed by atoms with van der Waals surface area (Å²) in [7, 11) is 0. The number of hydrogen-bond acceptors (Lipinski definition) is 2. The number of ether oxygens (including phenoxy) is 1. The molecule has 1 saturated heterocycles. The van der Waals surface area contributed by atoms with Crippen molar-refractivity contribution in [2.75, 3.05) is 13.2 Å². The van der Waals surface area contributed by atoms with E-state index in [-0.39, 0.29) is 10.8 Å². The maximum atomic E-state index is 9.54. The third kappa shape index (κ3) is 1.41. The number of halogens is 1. The average Bonchev–Trinajstić information content (AvgIpc) is 2.22. The second-order valence-electron chi connectivity index (χ2n) is 5.13. The van der Waals surface area contributed by atoms with Gasteiger partial charge in [0.15, 0.2) is 0 Å². The Bertz CT molecular complexity index is 466. The average molecular weight is 292 g/mol. The van der Waals surface area contributed by atoms with E-state index in [1.807, 2.05) is 0 Å². The fraction of sp³-hybridized carbons (Fsp3) is 0.500. The Kier molecular flexibility index (Phi) is 2.53. The van der Waals surface area contributed by atoms with Gasteiger partial charge in [-0.1, -0.05) is 34.5 Å². The molecule has 1 saturated carbocycles. The molecule has 1 aromatic rings. The molecule has 0 spiro atoms. The highest BCUT2D eigenvalue weighted by Crippen LogP contribution is 2.58. The van der Waals surface area contributed by atoms with Crippen LogP contribution >= 0.6 is 15.9 Å². The molecule has 1 aliphatic carbocycles. The Hall–Kier alpha value is -0.850. The summed E-state index contributed by atoms with van der Waals surface area (Å²) in [5.74, 6) is 0. The van der Waals surface area contributed by atoms with Crippen molar-refractivity contribution < 1.29 is 4.74 Å². The van der Waals surface area contributed by atoms with Crippen LogP contribution in [0.4, 0.5) is 0 Å². The summed E-state index contributed by atoms with van der Waals surface area (Å²) in [5.41, 5.74) is 1.02. The SMILES string of the molecule is N#CC1(C2(c3ccc(Br)cc3)COC2)CCC1. The van der Waals surface area contributed by atoms with Gasteiger partial charge in [-0.25, -0.2) is 0 Å². The fourth-order valence-corrected chi connectivity index (χ4v) is 3.29. The van der Waals surface area contributed by atoms with Gasteiger partial charge in [-0.2, -0.15) is 5.26 Å². The predicted octanol–water partition coefficient (Wildman–Crippen LogP) is 3.41. The van der Waals surface area contributed by atoms with Crippen LogP contribution in [-0.2, 0) is 10.2 Å². The zero-order valence-corrected chi connectivity index (χ0v) is 11.2. The Labute approximate surface area is 110 Å². The van der Waals surface area contributed by atoms with Crippen LogP contribution in [0.15, 0.2) is 28.7 Å². The molecule has 1 heterocycles. The van der Waals surface area contributed by atoms with Crippen LogP contribution in [0.5, 0.6) is 0 Å². The van der Waals surface area contributed by atoms with Gasteiger partial charge in [-0.3, -0.25) is 0 Å². The van der Waals surface area contributed by atoms with Gasteiger partial charge in [0.2, 0.25) is 0 Å². The van der Waals surface area contributed by atoms with E-state index in [0.29, 0.717) is 13.2 Å². The molecule has 0 N–H and O–H groups in total. The Morgan fingerprint density at radius 3 is 2.18 bits per heavy atom. The molecule has 0 aromatic heterocycles. The third-order valence-electron chi connectivity index (χ3n) is 4.43. The highest BCUT2D eigenvalue weighted by molar-refractivity contribution is 9.10. The molecular weight excluding hydrogens is 278 g/mol. The molecule has 2 aliphatic rings. The zero-order valence-electron chi connectivity index (χ0n) is 9.58. The number of nitrogens with zero attached hydrogens (tertiary/aromatic N) is 1. The maximum absolute atomic E-state index is 9.54. The van der Waals surface area contributed by atoms with Gasteiger partial charge in [-0.15, -0.1) is 0 Å². The molecule has 2 fully saturated rings. The summed E-state index contributed by atoms with van der Waals surface area (Å²) >= 11 is 3.45. The molecule has 1 aromatic carbocycles. The molecule has 3 heteroatoms. The molecule has 17 heavy (non-hydrogen) atoms. The van der Waals surface area contributed by atoms with E-state index in [1.165, 1.54) is 12.0 Å². The second kappa shape index (κ2) is 3.83. The van der Waals surface area contributed by atoms with Crippen LogP contribution < -0.4 is 0 Å². The van der Waals surface area contributed by atoms with Gasteiger partial charge in [0.1, 0.15) is 0 Å². The van der Waals surface area contributed by atoms with Crippen molar-refractivity contribution in [1.29, 1.82) is 5.26 Å². The van der Waals surface area contributed by atoms with Crippen molar-refractivity contribution in [3.63, 3.8) is 0 Å². The first-order valence-corrected chi connectivity index (χ1v) is 6.77. The van der Waals surface area contributed by atoms with Crippen LogP contribution in [0.3, 0.4) is 0 Å². The molecule has 1 aliphatic heterocycles. The molecule has 0 bridgehead atoms. The lowest BCUT2D eigenvalue weighted by Crippen LogP contribution is -2.61. The third-order valence-corrected chi connectivity index (χ3v) is 4.96. The van der Waals surface area contributed by atoms with E-state index < -0.39 is 0 Å². The van der Waals surface area contributed by atoms with E-state index in [0.717, 1.165) is 17.3 Å². The largest absolute Gasteiger partial charge is 0.379 e. The van der Waals surface area contributed by atoms with Gasteiger partial charge >= 0.3 is 0 Å². The van der Waals surface area contributed by atoms with E-state index in [4.69, 9.17) is 4.74 Å². The van der Waals surface area contributed by atoms with Crippen molar-refractivity contribution in [3.8, 4) is 6.07 Å².